The van der Waals surface area contributed by atoms with E-state index in [1.807, 2.05) is 0 Å². The quantitative estimate of drug-likeness (QED) is 0.530. The van der Waals surface area contributed by atoms with Gasteiger partial charge in [0.25, 0.3) is 0 Å². The monoisotopic (exact) mass is 331 g/mol. The van der Waals surface area contributed by atoms with Crippen LogP contribution in [0.15, 0.2) is 0 Å². The molecule has 1 saturated heterocycles. The number of hydrogen-bond acceptors (Lipinski definition) is 3. The van der Waals surface area contributed by atoms with E-state index < -0.39 is 0 Å². The van der Waals surface area contributed by atoms with Gasteiger partial charge in [0, 0.05) is 28.0 Å². The highest BCUT2D eigenvalue weighted by Gasteiger charge is 2.32. The summed E-state index contributed by atoms with van der Waals surface area (Å²) in [5.74, 6) is 3.62. The predicted octanol–water partition coefficient (Wildman–Crippen LogP) is 5.59. The summed E-state index contributed by atoms with van der Waals surface area (Å²) < 4.78 is 0. The van der Waals surface area contributed by atoms with E-state index in [2.05, 4.69) is 56.5 Å². The zero-order valence-electron chi connectivity index (χ0n) is 14.7. The molecule has 0 aromatic heterocycles. The largest absolute Gasteiger partial charge is 0.313 e. The highest BCUT2D eigenvalue weighted by molar-refractivity contribution is 8.07. The third kappa shape index (κ3) is 7.18. The van der Waals surface area contributed by atoms with Crippen LogP contribution in [0, 0.1) is 5.92 Å². The van der Waals surface area contributed by atoms with Gasteiger partial charge in [-0.3, -0.25) is 0 Å². The molecule has 0 saturated carbocycles. The second kappa shape index (κ2) is 12.1. The average Bonchev–Trinajstić information content (AvgIpc) is 2.54. The van der Waals surface area contributed by atoms with Gasteiger partial charge in [-0.25, -0.2) is 0 Å². The summed E-state index contributed by atoms with van der Waals surface area (Å²) in [6.07, 6.45) is 9.51. The zero-order chi connectivity index (χ0) is 15.5. The standard InChI is InChI=1S/C18H37NS2/c1-5-9-10-15(7-3)14-16(19-11-6-2)18-17(8-4)20-12-13-21-18/h15-19H,5-14H2,1-4H3. The SMILES string of the molecule is CCCCC(CC)CC(NCCC)C1SCCSC1CC. The van der Waals surface area contributed by atoms with Crippen molar-refractivity contribution in [1.82, 2.24) is 5.32 Å². The summed E-state index contributed by atoms with van der Waals surface area (Å²) in [6.45, 7) is 10.6. The fourth-order valence-electron chi connectivity index (χ4n) is 3.32. The molecule has 1 rings (SSSR count). The van der Waals surface area contributed by atoms with Crippen molar-refractivity contribution in [2.45, 2.75) is 89.2 Å². The molecule has 0 radical (unpaired) electrons. The van der Waals surface area contributed by atoms with Crippen molar-refractivity contribution < 1.29 is 0 Å². The Hall–Kier alpha value is 0.660. The second-order valence-corrected chi connectivity index (χ2v) is 9.00. The Balaban J connectivity index is 2.63. The third-order valence-corrected chi connectivity index (χ3v) is 8.09. The lowest BCUT2D eigenvalue weighted by molar-refractivity contribution is 0.339. The molecule has 0 aromatic rings. The van der Waals surface area contributed by atoms with Crippen LogP contribution in [0.3, 0.4) is 0 Å². The first-order chi connectivity index (χ1) is 10.3. The zero-order valence-corrected chi connectivity index (χ0v) is 16.3. The lowest BCUT2D eigenvalue weighted by Crippen LogP contribution is -2.46. The Morgan fingerprint density at radius 1 is 1.05 bits per heavy atom. The molecule has 1 aliphatic rings. The molecule has 1 heterocycles. The topological polar surface area (TPSA) is 12.0 Å². The molecule has 126 valence electrons. The molecule has 3 heteroatoms. The molecule has 0 bridgehead atoms. The molecule has 0 spiro atoms. The average molecular weight is 332 g/mol. The van der Waals surface area contributed by atoms with E-state index in [-0.39, 0.29) is 0 Å². The van der Waals surface area contributed by atoms with Gasteiger partial charge in [-0.2, -0.15) is 23.5 Å². The van der Waals surface area contributed by atoms with Crippen LogP contribution >= 0.6 is 23.5 Å². The maximum Gasteiger partial charge on any atom is 0.0320 e. The van der Waals surface area contributed by atoms with Crippen LogP contribution < -0.4 is 5.32 Å². The van der Waals surface area contributed by atoms with Crippen molar-refractivity contribution >= 4 is 23.5 Å². The van der Waals surface area contributed by atoms with Gasteiger partial charge in [-0.05, 0) is 31.7 Å². The second-order valence-electron chi connectivity index (χ2n) is 6.37. The minimum atomic E-state index is 0.731. The lowest BCUT2D eigenvalue weighted by Gasteiger charge is -2.38. The number of thioether (sulfide) groups is 2. The molecule has 4 atom stereocenters. The molecule has 0 amide bonds. The normalized spacial score (nSPS) is 25.7. The molecule has 0 aromatic carbocycles. The first-order valence-corrected chi connectivity index (χ1v) is 11.3. The van der Waals surface area contributed by atoms with Gasteiger partial charge < -0.3 is 5.32 Å². The maximum atomic E-state index is 3.91. The molecule has 1 nitrogen and oxygen atoms in total. The van der Waals surface area contributed by atoms with Gasteiger partial charge in [-0.15, -0.1) is 0 Å². The highest BCUT2D eigenvalue weighted by atomic mass is 32.2. The molecule has 4 unspecified atom stereocenters. The minimum Gasteiger partial charge on any atom is -0.313 e. The van der Waals surface area contributed by atoms with Crippen molar-refractivity contribution in [2.75, 3.05) is 18.1 Å². The van der Waals surface area contributed by atoms with Crippen LogP contribution in [0.5, 0.6) is 0 Å². The highest BCUT2D eigenvalue weighted by Crippen LogP contribution is 2.37. The van der Waals surface area contributed by atoms with Crippen molar-refractivity contribution in [1.29, 1.82) is 0 Å². The molecule has 21 heavy (non-hydrogen) atoms. The number of rotatable bonds is 11. The summed E-state index contributed by atoms with van der Waals surface area (Å²) in [5, 5.41) is 5.60. The lowest BCUT2D eigenvalue weighted by atomic mass is 9.89. The van der Waals surface area contributed by atoms with Gasteiger partial charge in [0.15, 0.2) is 0 Å². The van der Waals surface area contributed by atoms with Gasteiger partial charge in [0.1, 0.15) is 0 Å². The van der Waals surface area contributed by atoms with Crippen molar-refractivity contribution in [3.63, 3.8) is 0 Å². The summed E-state index contributed by atoms with van der Waals surface area (Å²) in [6, 6.07) is 0.731. The Labute approximate surface area is 142 Å². The number of unbranched alkanes of at least 4 members (excludes halogenated alkanes) is 1. The van der Waals surface area contributed by atoms with Crippen LogP contribution in [-0.2, 0) is 0 Å². The van der Waals surface area contributed by atoms with Crippen LogP contribution in [0.2, 0.25) is 0 Å². The van der Waals surface area contributed by atoms with E-state index in [0.29, 0.717) is 0 Å². The van der Waals surface area contributed by atoms with E-state index in [1.165, 1.54) is 63.0 Å². The summed E-state index contributed by atoms with van der Waals surface area (Å²) in [5.41, 5.74) is 0. The van der Waals surface area contributed by atoms with Crippen LogP contribution in [0.1, 0.15) is 72.6 Å². The van der Waals surface area contributed by atoms with Gasteiger partial charge >= 0.3 is 0 Å². The molecule has 1 N–H and O–H groups in total. The Morgan fingerprint density at radius 3 is 2.43 bits per heavy atom. The van der Waals surface area contributed by atoms with Gasteiger partial charge in [-0.1, -0.05) is 53.4 Å². The van der Waals surface area contributed by atoms with Crippen molar-refractivity contribution in [3.8, 4) is 0 Å². The summed E-state index contributed by atoms with van der Waals surface area (Å²) in [7, 11) is 0. The van der Waals surface area contributed by atoms with Gasteiger partial charge in [0.2, 0.25) is 0 Å². The van der Waals surface area contributed by atoms with Gasteiger partial charge in [0.05, 0.1) is 0 Å². The van der Waals surface area contributed by atoms with Crippen molar-refractivity contribution in [2.24, 2.45) is 5.92 Å². The van der Waals surface area contributed by atoms with E-state index in [1.54, 1.807) is 0 Å². The first-order valence-electron chi connectivity index (χ1n) is 9.23. The molecular formula is C18H37NS2. The van der Waals surface area contributed by atoms with E-state index in [4.69, 9.17) is 0 Å². The Bertz CT molecular complexity index is 247. The molecule has 1 fully saturated rings. The molecule has 0 aliphatic carbocycles. The van der Waals surface area contributed by atoms with Crippen molar-refractivity contribution in [3.05, 3.63) is 0 Å². The summed E-state index contributed by atoms with van der Waals surface area (Å²) >= 11 is 4.47. The Morgan fingerprint density at radius 2 is 1.81 bits per heavy atom. The first kappa shape index (κ1) is 19.7. The van der Waals surface area contributed by atoms with Crippen LogP contribution in [0.4, 0.5) is 0 Å². The molecule has 1 aliphatic heterocycles. The smallest absolute Gasteiger partial charge is 0.0320 e. The fraction of sp³-hybridized carbons (Fsp3) is 1.00. The Kier molecular flexibility index (Phi) is 11.4. The number of nitrogens with one attached hydrogen (secondary N) is 1. The van der Waals surface area contributed by atoms with E-state index in [9.17, 15) is 0 Å². The predicted molar refractivity (Wildman–Crippen MR) is 103 cm³/mol. The minimum absolute atomic E-state index is 0.731. The number of hydrogen-bond donors (Lipinski definition) is 1. The molecular weight excluding hydrogens is 294 g/mol. The van der Waals surface area contributed by atoms with E-state index in [0.717, 1.165) is 22.5 Å². The summed E-state index contributed by atoms with van der Waals surface area (Å²) in [4.78, 5) is 0. The van der Waals surface area contributed by atoms with Crippen LogP contribution in [-0.4, -0.2) is 34.6 Å². The third-order valence-electron chi connectivity index (χ3n) is 4.68. The maximum absolute atomic E-state index is 3.91. The van der Waals surface area contributed by atoms with Crippen LogP contribution in [0.25, 0.3) is 0 Å². The van der Waals surface area contributed by atoms with E-state index >= 15 is 0 Å². The fourth-order valence-corrected chi connectivity index (χ4v) is 6.59.